The second-order valence-corrected chi connectivity index (χ2v) is 11.5. The first-order chi connectivity index (χ1) is 18.1. The van der Waals surface area contributed by atoms with Crippen molar-refractivity contribution >= 4 is 38.6 Å². The van der Waals surface area contributed by atoms with E-state index in [1.54, 1.807) is 19.1 Å². The zero-order valence-electron chi connectivity index (χ0n) is 21.0. The average Bonchev–Trinajstić information content (AvgIpc) is 3.57. The number of hydrogen-bond acceptors (Lipinski definition) is 7. The fraction of sp³-hybridized carbons (Fsp3) is 0.385. The summed E-state index contributed by atoms with van der Waals surface area (Å²) in [6.07, 6.45) is 3.30. The molecule has 2 aromatic heterocycles. The number of ketones is 1. The number of aromatic nitrogens is 1. The Morgan fingerprint density at radius 1 is 1.24 bits per heavy atom. The first-order valence-corrected chi connectivity index (χ1v) is 13.9. The van der Waals surface area contributed by atoms with Crippen molar-refractivity contribution in [2.75, 3.05) is 13.1 Å². The number of nitrogens with zero attached hydrogens (tertiary/aromatic N) is 3. The summed E-state index contributed by atoms with van der Waals surface area (Å²) in [6, 6.07) is 7.27. The Labute approximate surface area is 219 Å². The molecular weight excluding hydrogens is 512 g/mol. The maximum Gasteiger partial charge on any atom is 0.287 e. The molecule has 2 amide bonds. The highest BCUT2D eigenvalue weighted by Crippen LogP contribution is 2.34. The molecule has 1 N–H and O–H groups in total. The number of pyridine rings is 1. The second kappa shape index (κ2) is 9.84. The van der Waals surface area contributed by atoms with Crippen LogP contribution in [0.1, 0.15) is 42.3 Å². The molecule has 0 radical (unpaired) electrons. The van der Waals surface area contributed by atoms with Crippen LogP contribution in [0.2, 0.25) is 0 Å². The molecule has 200 valence electrons. The first-order valence-electron chi connectivity index (χ1n) is 12.5. The Kier molecular flexibility index (Phi) is 6.70. The second-order valence-electron chi connectivity index (χ2n) is 9.62. The maximum atomic E-state index is 13.6. The standard InChI is InChI=1S/C26H28N4O7S/c1-3-7-19(27-25(32)24-16(2)18-9-4-5-10-22(18)37-24)26(33)29-13-11-20-23(29)21(31)15-30(20)38(35,36)17-8-6-12-28(34)14-17/h4-6,8-10,12,14,19-20,23H,3,7,11,13,15H2,1-2H3,(H,27,32). The lowest BCUT2D eigenvalue weighted by Gasteiger charge is -2.28. The van der Waals surface area contributed by atoms with Crippen LogP contribution in [-0.2, 0) is 19.6 Å². The summed E-state index contributed by atoms with van der Waals surface area (Å²) in [4.78, 5) is 41.0. The molecule has 3 aromatic rings. The maximum absolute atomic E-state index is 13.6. The molecule has 2 saturated heterocycles. The van der Waals surface area contributed by atoms with Crippen molar-refractivity contribution in [2.45, 2.75) is 56.1 Å². The summed E-state index contributed by atoms with van der Waals surface area (Å²) in [7, 11) is -4.13. The minimum Gasteiger partial charge on any atom is -0.619 e. The van der Waals surface area contributed by atoms with Gasteiger partial charge in [-0.25, -0.2) is 8.42 Å². The van der Waals surface area contributed by atoms with Gasteiger partial charge in [0.05, 0.1) is 12.6 Å². The van der Waals surface area contributed by atoms with E-state index in [1.165, 1.54) is 23.2 Å². The predicted molar refractivity (Wildman–Crippen MR) is 135 cm³/mol. The molecule has 0 saturated carbocycles. The zero-order chi connectivity index (χ0) is 27.2. The summed E-state index contributed by atoms with van der Waals surface area (Å²) in [5.74, 6) is -1.25. The van der Waals surface area contributed by atoms with Gasteiger partial charge in [0.15, 0.2) is 23.9 Å². The van der Waals surface area contributed by atoms with Crippen molar-refractivity contribution < 1.29 is 31.9 Å². The van der Waals surface area contributed by atoms with Crippen molar-refractivity contribution in [3.8, 4) is 0 Å². The van der Waals surface area contributed by atoms with Crippen LogP contribution in [-0.4, -0.2) is 66.4 Å². The van der Waals surface area contributed by atoms with E-state index in [-0.39, 0.29) is 23.6 Å². The number of benzene rings is 1. The number of sulfonamides is 1. The van der Waals surface area contributed by atoms with E-state index in [0.29, 0.717) is 28.7 Å². The number of carbonyl (C=O) groups excluding carboxylic acids is 3. The molecule has 3 atom stereocenters. The SMILES string of the molecule is CCCC(NC(=O)c1oc2ccccc2c1C)C(=O)N1CCC2C1C(=O)CN2S(=O)(=O)c1ccc[n+]([O-])c1. The smallest absolute Gasteiger partial charge is 0.287 e. The van der Waals surface area contributed by atoms with E-state index in [4.69, 9.17) is 4.42 Å². The lowest BCUT2D eigenvalue weighted by Crippen LogP contribution is -2.52. The van der Waals surface area contributed by atoms with Crippen LogP contribution in [0, 0.1) is 12.1 Å². The van der Waals surface area contributed by atoms with Gasteiger partial charge in [-0.05, 0) is 31.9 Å². The van der Waals surface area contributed by atoms with Gasteiger partial charge in [0.25, 0.3) is 5.91 Å². The molecule has 0 aliphatic carbocycles. The summed E-state index contributed by atoms with van der Waals surface area (Å²) in [5.41, 5.74) is 1.23. The molecular formula is C26H28N4O7S. The zero-order valence-corrected chi connectivity index (χ0v) is 21.8. The normalized spacial score (nSPS) is 20.6. The molecule has 3 unspecified atom stereocenters. The molecule has 12 heteroatoms. The van der Waals surface area contributed by atoms with Crippen molar-refractivity contribution in [1.29, 1.82) is 0 Å². The van der Waals surface area contributed by atoms with Crippen LogP contribution < -0.4 is 10.0 Å². The van der Waals surface area contributed by atoms with Gasteiger partial charge in [-0.15, -0.1) is 0 Å². The number of hydrogen-bond donors (Lipinski definition) is 1. The third-order valence-corrected chi connectivity index (χ3v) is 9.10. The number of rotatable bonds is 7. The highest BCUT2D eigenvalue weighted by Gasteiger charge is 2.54. The van der Waals surface area contributed by atoms with Crippen molar-refractivity contribution in [2.24, 2.45) is 0 Å². The van der Waals surface area contributed by atoms with Gasteiger partial charge >= 0.3 is 0 Å². The monoisotopic (exact) mass is 540 g/mol. The number of para-hydroxylation sites is 1. The Morgan fingerprint density at radius 2 is 2.00 bits per heavy atom. The van der Waals surface area contributed by atoms with Crippen molar-refractivity contribution in [3.05, 3.63) is 65.3 Å². The number of nitrogens with one attached hydrogen (secondary N) is 1. The topological polar surface area (TPSA) is 144 Å². The van der Waals surface area contributed by atoms with Crippen LogP contribution in [0.4, 0.5) is 0 Å². The highest BCUT2D eigenvalue weighted by molar-refractivity contribution is 7.89. The fourth-order valence-corrected chi connectivity index (χ4v) is 7.06. The third-order valence-electron chi connectivity index (χ3n) is 7.25. The van der Waals surface area contributed by atoms with Crippen molar-refractivity contribution in [1.82, 2.24) is 14.5 Å². The van der Waals surface area contributed by atoms with Gasteiger partial charge in [0.2, 0.25) is 15.9 Å². The van der Waals surface area contributed by atoms with Gasteiger partial charge < -0.3 is 19.8 Å². The number of Topliss-reactive ketones (excluding diaryl/α,β-unsaturated/α-hetero) is 1. The molecule has 1 aromatic carbocycles. The molecule has 38 heavy (non-hydrogen) atoms. The predicted octanol–water partition coefficient (Wildman–Crippen LogP) is 1.52. The number of aryl methyl sites for hydroxylation is 1. The van der Waals surface area contributed by atoms with Crippen LogP contribution >= 0.6 is 0 Å². The lowest BCUT2D eigenvalue weighted by atomic mass is 10.1. The van der Waals surface area contributed by atoms with Crippen molar-refractivity contribution in [3.63, 3.8) is 0 Å². The molecule has 11 nitrogen and oxygen atoms in total. The Hall–Kier alpha value is -3.77. The highest BCUT2D eigenvalue weighted by atomic mass is 32.2. The summed E-state index contributed by atoms with van der Waals surface area (Å²) in [6.45, 7) is 3.43. The van der Waals surface area contributed by atoms with Crippen LogP contribution in [0.25, 0.3) is 11.0 Å². The van der Waals surface area contributed by atoms with Crippen LogP contribution in [0.5, 0.6) is 0 Å². The first kappa shape index (κ1) is 25.9. The van der Waals surface area contributed by atoms with Gasteiger partial charge in [0.1, 0.15) is 22.6 Å². The molecule has 4 heterocycles. The minimum absolute atomic E-state index is 0.118. The number of fused-ring (bicyclic) bond motifs is 2. The van der Waals surface area contributed by atoms with Gasteiger partial charge in [0, 0.05) is 23.6 Å². The molecule has 2 fully saturated rings. The van der Waals surface area contributed by atoms with Gasteiger partial charge in [-0.2, -0.15) is 9.04 Å². The molecule has 2 aliphatic rings. The van der Waals surface area contributed by atoms with E-state index >= 15 is 0 Å². The Balaban J connectivity index is 1.36. The van der Waals surface area contributed by atoms with E-state index in [9.17, 15) is 28.0 Å². The van der Waals surface area contributed by atoms with E-state index in [2.05, 4.69) is 5.32 Å². The summed E-state index contributed by atoms with van der Waals surface area (Å²) >= 11 is 0. The lowest BCUT2D eigenvalue weighted by molar-refractivity contribution is -0.607. The van der Waals surface area contributed by atoms with E-state index in [1.807, 2.05) is 19.1 Å². The molecule has 2 aliphatic heterocycles. The van der Waals surface area contributed by atoms with Crippen LogP contribution in [0.15, 0.2) is 58.1 Å². The summed E-state index contributed by atoms with van der Waals surface area (Å²) < 4.78 is 33.7. The minimum atomic E-state index is -4.13. The number of amides is 2. The number of likely N-dealkylation sites (tertiary alicyclic amines) is 1. The number of furan rings is 1. The van der Waals surface area contributed by atoms with E-state index in [0.717, 1.165) is 15.9 Å². The Bertz CT molecular complexity index is 1530. The van der Waals surface area contributed by atoms with Gasteiger partial charge in [-0.1, -0.05) is 31.5 Å². The van der Waals surface area contributed by atoms with Crippen LogP contribution in [0.3, 0.4) is 0 Å². The molecule has 0 spiro atoms. The Morgan fingerprint density at radius 3 is 2.71 bits per heavy atom. The average molecular weight is 541 g/mol. The van der Waals surface area contributed by atoms with E-state index < -0.39 is 52.3 Å². The summed E-state index contributed by atoms with van der Waals surface area (Å²) in [5, 5.41) is 15.2. The largest absolute Gasteiger partial charge is 0.619 e. The quantitative estimate of drug-likeness (QED) is 0.353. The molecule has 0 bridgehead atoms. The molecule has 5 rings (SSSR count). The number of carbonyl (C=O) groups is 3. The fourth-order valence-electron chi connectivity index (χ4n) is 5.42. The van der Waals surface area contributed by atoms with Gasteiger partial charge in [-0.3, -0.25) is 14.4 Å². The third kappa shape index (κ3) is 4.33.